The van der Waals surface area contributed by atoms with Gasteiger partial charge < -0.3 is 9.52 Å². The summed E-state index contributed by atoms with van der Waals surface area (Å²) in [6.07, 6.45) is -0.207. The van der Waals surface area contributed by atoms with Crippen LogP contribution in [0.1, 0.15) is 45.6 Å². The third kappa shape index (κ3) is 4.25. The number of alkyl halides is 2. The molecule has 0 saturated heterocycles. The van der Waals surface area contributed by atoms with Crippen LogP contribution in [0.25, 0.3) is 33.6 Å². The summed E-state index contributed by atoms with van der Waals surface area (Å²) in [5.74, 6) is 0.394. The zero-order valence-corrected chi connectivity index (χ0v) is 21.4. The first-order valence-electron chi connectivity index (χ1n) is 12.5. The summed E-state index contributed by atoms with van der Waals surface area (Å²) >= 11 is 0. The zero-order valence-electron chi connectivity index (χ0n) is 21.4. The van der Waals surface area contributed by atoms with Crippen molar-refractivity contribution in [2.24, 2.45) is 0 Å². The third-order valence-electron chi connectivity index (χ3n) is 7.23. The predicted octanol–water partition coefficient (Wildman–Crippen LogP) is 6.75. The van der Waals surface area contributed by atoms with E-state index in [1.165, 1.54) is 0 Å². The summed E-state index contributed by atoms with van der Waals surface area (Å²) < 4.78 is 33.2. The summed E-state index contributed by atoms with van der Waals surface area (Å²) in [6.45, 7) is 4.92. The number of benzene rings is 2. The molecule has 1 saturated carbocycles. The van der Waals surface area contributed by atoms with Gasteiger partial charge in [-0.1, -0.05) is 54.6 Å². The molecule has 7 nitrogen and oxygen atoms in total. The Labute approximate surface area is 218 Å². The van der Waals surface area contributed by atoms with Gasteiger partial charge in [0.1, 0.15) is 17.5 Å². The van der Waals surface area contributed by atoms with E-state index in [1.807, 2.05) is 75.4 Å². The quantitative estimate of drug-likeness (QED) is 0.303. The summed E-state index contributed by atoms with van der Waals surface area (Å²) in [4.78, 5) is 31.2. The molecular weight excluding hydrogens is 492 g/mol. The average molecular weight is 522 g/mol. The summed E-state index contributed by atoms with van der Waals surface area (Å²) in [5, 5.41) is 10.2. The van der Waals surface area contributed by atoms with Crippen molar-refractivity contribution in [1.82, 2.24) is 14.5 Å². The van der Waals surface area contributed by atoms with E-state index in [0.29, 0.717) is 22.5 Å². The lowest BCUT2D eigenvalue weighted by molar-refractivity contribution is -0.0328. The van der Waals surface area contributed by atoms with Gasteiger partial charge in [0, 0.05) is 16.7 Å². The van der Waals surface area contributed by atoms with Gasteiger partial charge in [-0.15, -0.1) is 0 Å². The van der Waals surface area contributed by atoms with E-state index in [1.54, 1.807) is 4.90 Å². The highest BCUT2D eigenvalue weighted by molar-refractivity contribution is 5.99. The lowest BCUT2D eigenvalue weighted by Gasteiger charge is -2.54. The molecule has 198 valence electrons. The molecule has 1 amide bonds. The second-order valence-corrected chi connectivity index (χ2v) is 10.7. The van der Waals surface area contributed by atoms with Gasteiger partial charge in [-0.05, 0) is 51.2 Å². The fourth-order valence-electron chi connectivity index (χ4n) is 5.59. The molecule has 2 aromatic carbocycles. The Morgan fingerprint density at radius 2 is 1.76 bits per heavy atom. The van der Waals surface area contributed by atoms with E-state index < -0.39 is 35.7 Å². The summed E-state index contributed by atoms with van der Waals surface area (Å²) in [5.41, 5.74) is 0.985. The first-order valence-corrected chi connectivity index (χ1v) is 12.5. The van der Waals surface area contributed by atoms with Crippen LogP contribution in [-0.4, -0.2) is 37.6 Å². The van der Waals surface area contributed by atoms with Crippen LogP contribution in [-0.2, 0) is 12.1 Å². The van der Waals surface area contributed by atoms with Crippen molar-refractivity contribution in [3.8, 4) is 22.5 Å². The lowest BCUT2D eigenvalue weighted by atomic mass is 9.69. The SMILES string of the molecule is CC(C)(C)N(C(=O)O)C1(c2ccc(-c3oc4ncn(CC(F)F)c(=O)c4c3-c3ccccc3)cc2)CCC1. The average Bonchev–Trinajstić information content (AvgIpc) is 3.23. The van der Waals surface area contributed by atoms with Crippen LogP contribution in [0.3, 0.4) is 0 Å². The van der Waals surface area contributed by atoms with Gasteiger partial charge in [-0.25, -0.2) is 18.6 Å². The van der Waals surface area contributed by atoms with Crippen molar-refractivity contribution in [2.45, 2.75) is 64.1 Å². The predicted molar refractivity (Wildman–Crippen MR) is 140 cm³/mol. The Bertz CT molecular complexity index is 1530. The van der Waals surface area contributed by atoms with E-state index in [0.717, 1.165) is 35.7 Å². The van der Waals surface area contributed by atoms with Crippen LogP contribution >= 0.6 is 0 Å². The van der Waals surface area contributed by atoms with Crippen LogP contribution in [0.5, 0.6) is 0 Å². The number of amides is 1. The molecule has 9 heteroatoms. The number of fused-ring (bicyclic) bond motifs is 1. The lowest BCUT2D eigenvalue weighted by Crippen LogP contribution is -2.60. The van der Waals surface area contributed by atoms with Crippen LogP contribution in [0, 0.1) is 0 Å². The van der Waals surface area contributed by atoms with E-state index in [-0.39, 0.29) is 11.1 Å². The number of carboxylic acid groups (broad SMARTS) is 1. The number of carbonyl (C=O) groups is 1. The topological polar surface area (TPSA) is 88.6 Å². The van der Waals surface area contributed by atoms with E-state index in [4.69, 9.17) is 4.42 Å². The molecule has 4 aromatic rings. The van der Waals surface area contributed by atoms with Crippen LogP contribution < -0.4 is 5.56 Å². The minimum Gasteiger partial charge on any atom is -0.465 e. The molecule has 0 atom stereocenters. The van der Waals surface area contributed by atoms with Gasteiger partial charge in [-0.2, -0.15) is 0 Å². The molecule has 0 radical (unpaired) electrons. The number of rotatable bonds is 6. The summed E-state index contributed by atoms with van der Waals surface area (Å²) in [7, 11) is 0. The van der Waals surface area contributed by atoms with E-state index in [9.17, 15) is 23.5 Å². The molecule has 0 spiro atoms. The number of hydrogen-bond acceptors (Lipinski definition) is 4. The number of aromatic nitrogens is 2. The molecular formula is C29H29F2N3O4. The molecule has 0 bridgehead atoms. The van der Waals surface area contributed by atoms with Gasteiger partial charge in [0.15, 0.2) is 0 Å². The van der Waals surface area contributed by atoms with Gasteiger partial charge in [0.25, 0.3) is 12.0 Å². The molecule has 1 aliphatic carbocycles. The molecule has 5 rings (SSSR count). The molecule has 1 aliphatic rings. The van der Waals surface area contributed by atoms with Crippen molar-refractivity contribution in [3.63, 3.8) is 0 Å². The van der Waals surface area contributed by atoms with Crippen LogP contribution in [0.2, 0.25) is 0 Å². The van der Waals surface area contributed by atoms with E-state index >= 15 is 0 Å². The Morgan fingerprint density at radius 1 is 1.11 bits per heavy atom. The minimum absolute atomic E-state index is 0.0682. The molecule has 0 unspecified atom stereocenters. The molecule has 0 aliphatic heterocycles. The standard InChI is InChI=1S/C29H29F2N3O4/c1-28(2,3)34(27(36)37)29(14-7-15-29)20-12-10-19(11-13-20)24-22(18-8-5-4-6-9-18)23-25(38-24)32-17-33(26(23)35)16-21(30)31/h4-6,8-13,17,21H,7,14-16H2,1-3H3,(H,36,37). The number of halogens is 2. The molecule has 38 heavy (non-hydrogen) atoms. The number of nitrogens with zero attached hydrogens (tertiary/aromatic N) is 3. The van der Waals surface area contributed by atoms with Gasteiger partial charge in [0.05, 0.1) is 12.1 Å². The number of hydrogen-bond donors (Lipinski definition) is 1. The highest BCUT2D eigenvalue weighted by Gasteiger charge is 2.50. The van der Waals surface area contributed by atoms with Crippen molar-refractivity contribution in [2.75, 3.05) is 0 Å². The fourth-order valence-corrected chi connectivity index (χ4v) is 5.59. The van der Waals surface area contributed by atoms with Crippen molar-refractivity contribution >= 4 is 17.2 Å². The largest absolute Gasteiger partial charge is 0.465 e. The van der Waals surface area contributed by atoms with Gasteiger partial charge in [0.2, 0.25) is 5.71 Å². The molecule has 2 heterocycles. The Kier molecular flexibility index (Phi) is 6.33. The fraction of sp³-hybridized carbons (Fsp3) is 0.345. The van der Waals surface area contributed by atoms with Gasteiger partial charge >= 0.3 is 6.09 Å². The first kappa shape index (κ1) is 25.6. The van der Waals surface area contributed by atoms with Gasteiger partial charge in [-0.3, -0.25) is 14.3 Å². The second kappa shape index (κ2) is 9.38. The minimum atomic E-state index is -2.71. The number of furan rings is 1. The Balaban J connectivity index is 1.66. The molecule has 1 fully saturated rings. The maximum Gasteiger partial charge on any atom is 0.408 e. The third-order valence-corrected chi connectivity index (χ3v) is 7.23. The molecule has 2 aromatic heterocycles. The molecule has 1 N–H and O–H groups in total. The maximum absolute atomic E-state index is 13.2. The highest BCUT2D eigenvalue weighted by Crippen LogP contribution is 2.50. The Hall–Kier alpha value is -4.01. The summed E-state index contributed by atoms with van der Waals surface area (Å²) in [6, 6.07) is 16.6. The highest BCUT2D eigenvalue weighted by atomic mass is 19.3. The second-order valence-electron chi connectivity index (χ2n) is 10.7. The van der Waals surface area contributed by atoms with Crippen LogP contribution in [0.15, 0.2) is 70.1 Å². The van der Waals surface area contributed by atoms with Crippen molar-refractivity contribution < 1.29 is 23.1 Å². The van der Waals surface area contributed by atoms with Crippen LogP contribution in [0.4, 0.5) is 13.6 Å². The van der Waals surface area contributed by atoms with Crippen molar-refractivity contribution in [1.29, 1.82) is 0 Å². The zero-order chi connectivity index (χ0) is 27.2. The Morgan fingerprint density at radius 3 is 2.29 bits per heavy atom. The smallest absolute Gasteiger partial charge is 0.408 e. The first-order chi connectivity index (χ1) is 18.0. The monoisotopic (exact) mass is 521 g/mol. The van der Waals surface area contributed by atoms with E-state index in [2.05, 4.69) is 4.98 Å². The maximum atomic E-state index is 13.2. The normalized spacial score (nSPS) is 15.0. The van der Waals surface area contributed by atoms with Crippen molar-refractivity contribution in [3.05, 3.63) is 76.8 Å².